The van der Waals surface area contributed by atoms with Gasteiger partial charge < -0.3 is 10.1 Å². The van der Waals surface area contributed by atoms with Gasteiger partial charge in [-0.25, -0.2) is 0 Å². The highest BCUT2D eigenvalue weighted by atomic mass is 16.5. The minimum absolute atomic E-state index is 0.176. The maximum Gasteiger partial charge on any atom is 0.164 e. The summed E-state index contributed by atoms with van der Waals surface area (Å²) in [5.41, 5.74) is 1.23. The first-order valence-electron chi connectivity index (χ1n) is 6.99. The SMILES string of the molecule is CCCn1ncc(OC)c1/C=C/CCNC(C)(C)C. The van der Waals surface area contributed by atoms with Gasteiger partial charge in [0.25, 0.3) is 0 Å². The Labute approximate surface area is 116 Å². The van der Waals surface area contributed by atoms with Crippen molar-refractivity contribution in [3.05, 3.63) is 18.0 Å². The summed E-state index contributed by atoms with van der Waals surface area (Å²) in [5, 5.41) is 7.81. The molecule has 0 atom stereocenters. The van der Waals surface area contributed by atoms with Crippen LogP contribution in [0.15, 0.2) is 12.3 Å². The zero-order chi connectivity index (χ0) is 14.3. The van der Waals surface area contributed by atoms with E-state index in [0.29, 0.717) is 0 Å². The molecule has 0 aromatic carbocycles. The first-order valence-corrected chi connectivity index (χ1v) is 6.99. The first-order chi connectivity index (χ1) is 8.98. The second-order valence-corrected chi connectivity index (χ2v) is 5.69. The lowest BCUT2D eigenvalue weighted by Crippen LogP contribution is -2.36. The summed E-state index contributed by atoms with van der Waals surface area (Å²) in [6.07, 6.45) is 8.12. The Morgan fingerprint density at radius 1 is 1.42 bits per heavy atom. The topological polar surface area (TPSA) is 39.1 Å². The van der Waals surface area contributed by atoms with E-state index in [9.17, 15) is 0 Å². The van der Waals surface area contributed by atoms with E-state index in [1.54, 1.807) is 13.3 Å². The van der Waals surface area contributed by atoms with E-state index < -0.39 is 0 Å². The molecule has 4 heteroatoms. The van der Waals surface area contributed by atoms with Crippen LogP contribution in [-0.2, 0) is 6.54 Å². The molecular weight excluding hydrogens is 238 g/mol. The maximum atomic E-state index is 5.33. The molecule has 0 unspecified atom stereocenters. The molecule has 0 saturated carbocycles. The van der Waals surface area contributed by atoms with E-state index in [2.05, 4.69) is 50.3 Å². The Morgan fingerprint density at radius 2 is 2.16 bits per heavy atom. The van der Waals surface area contributed by atoms with Crippen LogP contribution in [-0.4, -0.2) is 29.0 Å². The number of ether oxygens (including phenoxy) is 1. The summed E-state index contributed by atoms with van der Waals surface area (Å²) in [7, 11) is 1.69. The van der Waals surface area contributed by atoms with Crippen molar-refractivity contribution in [2.24, 2.45) is 0 Å². The van der Waals surface area contributed by atoms with Crippen molar-refractivity contribution < 1.29 is 4.74 Å². The highest BCUT2D eigenvalue weighted by Gasteiger charge is 2.08. The van der Waals surface area contributed by atoms with Crippen molar-refractivity contribution in [2.75, 3.05) is 13.7 Å². The van der Waals surface area contributed by atoms with Crippen LogP contribution in [0, 0.1) is 0 Å². The highest BCUT2D eigenvalue weighted by Crippen LogP contribution is 2.19. The molecule has 1 aromatic heterocycles. The fraction of sp³-hybridized carbons (Fsp3) is 0.667. The summed E-state index contributed by atoms with van der Waals surface area (Å²) in [6, 6.07) is 0. The minimum atomic E-state index is 0.176. The highest BCUT2D eigenvalue weighted by molar-refractivity contribution is 5.52. The van der Waals surface area contributed by atoms with Gasteiger partial charge in [0.05, 0.1) is 13.3 Å². The summed E-state index contributed by atoms with van der Waals surface area (Å²) >= 11 is 0. The molecule has 0 radical (unpaired) electrons. The lowest BCUT2D eigenvalue weighted by Gasteiger charge is -2.19. The zero-order valence-corrected chi connectivity index (χ0v) is 12.9. The van der Waals surface area contributed by atoms with Crippen LogP contribution in [0.5, 0.6) is 5.75 Å². The minimum Gasteiger partial charge on any atom is -0.493 e. The molecule has 1 rings (SSSR count). The van der Waals surface area contributed by atoms with Crippen molar-refractivity contribution in [3.8, 4) is 5.75 Å². The standard InChI is InChI=1S/C15H27N3O/c1-6-11-18-13(14(19-5)12-17-18)9-7-8-10-16-15(2,3)4/h7,9,12,16H,6,8,10-11H2,1-5H3/b9-7+. The molecule has 19 heavy (non-hydrogen) atoms. The van der Waals surface area contributed by atoms with Gasteiger partial charge in [-0.3, -0.25) is 4.68 Å². The molecular formula is C15H27N3O. The number of hydrogen-bond donors (Lipinski definition) is 1. The monoisotopic (exact) mass is 265 g/mol. The van der Waals surface area contributed by atoms with E-state index in [1.807, 2.05) is 4.68 Å². The molecule has 0 aliphatic heterocycles. The van der Waals surface area contributed by atoms with Gasteiger partial charge in [0.2, 0.25) is 0 Å². The fourth-order valence-corrected chi connectivity index (χ4v) is 1.82. The van der Waals surface area contributed by atoms with Crippen molar-refractivity contribution in [3.63, 3.8) is 0 Å². The van der Waals surface area contributed by atoms with Gasteiger partial charge in [-0.2, -0.15) is 5.10 Å². The molecule has 0 aliphatic rings. The Morgan fingerprint density at radius 3 is 2.74 bits per heavy atom. The van der Waals surface area contributed by atoms with Gasteiger partial charge >= 0.3 is 0 Å². The van der Waals surface area contributed by atoms with Crippen LogP contribution in [0.3, 0.4) is 0 Å². The number of nitrogens with one attached hydrogen (secondary N) is 1. The predicted octanol–water partition coefficient (Wildman–Crippen LogP) is 3.09. The van der Waals surface area contributed by atoms with Gasteiger partial charge in [-0.15, -0.1) is 0 Å². The Balaban J connectivity index is 2.57. The van der Waals surface area contributed by atoms with Gasteiger partial charge in [0.1, 0.15) is 5.69 Å². The van der Waals surface area contributed by atoms with E-state index >= 15 is 0 Å². The molecule has 0 saturated heterocycles. The van der Waals surface area contributed by atoms with Crippen LogP contribution >= 0.6 is 0 Å². The number of nitrogens with zero attached hydrogens (tertiary/aromatic N) is 2. The van der Waals surface area contributed by atoms with Gasteiger partial charge in [-0.05, 0) is 46.2 Å². The molecule has 1 aromatic rings. The van der Waals surface area contributed by atoms with Crippen LogP contribution in [0.1, 0.15) is 46.2 Å². The average Bonchev–Trinajstić information content (AvgIpc) is 2.70. The Bertz CT molecular complexity index is 402. The molecule has 0 spiro atoms. The zero-order valence-electron chi connectivity index (χ0n) is 12.9. The molecule has 0 amide bonds. The van der Waals surface area contributed by atoms with Gasteiger partial charge in [0, 0.05) is 12.1 Å². The average molecular weight is 265 g/mol. The Hall–Kier alpha value is -1.29. The molecule has 0 fully saturated rings. The van der Waals surface area contributed by atoms with Crippen molar-refractivity contribution >= 4 is 6.08 Å². The number of hydrogen-bond acceptors (Lipinski definition) is 3. The van der Waals surface area contributed by atoms with E-state index in [1.165, 1.54) is 0 Å². The van der Waals surface area contributed by atoms with Crippen molar-refractivity contribution in [1.29, 1.82) is 0 Å². The molecule has 4 nitrogen and oxygen atoms in total. The largest absolute Gasteiger partial charge is 0.493 e. The summed E-state index contributed by atoms with van der Waals surface area (Å²) in [6.45, 7) is 10.6. The van der Waals surface area contributed by atoms with Crippen LogP contribution in [0.4, 0.5) is 0 Å². The maximum absolute atomic E-state index is 5.33. The smallest absolute Gasteiger partial charge is 0.164 e. The molecule has 0 bridgehead atoms. The molecule has 108 valence electrons. The quantitative estimate of drug-likeness (QED) is 0.770. The van der Waals surface area contributed by atoms with Crippen molar-refractivity contribution in [1.82, 2.24) is 15.1 Å². The summed E-state index contributed by atoms with van der Waals surface area (Å²) < 4.78 is 7.33. The van der Waals surface area contributed by atoms with Crippen molar-refractivity contribution in [2.45, 2.75) is 52.6 Å². The molecule has 0 aliphatic carbocycles. The lowest BCUT2D eigenvalue weighted by molar-refractivity contribution is 0.412. The first kappa shape index (κ1) is 15.8. The number of methoxy groups -OCH3 is 1. The predicted molar refractivity (Wildman–Crippen MR) is 80.5 cm³/mol. The van der Waals surface area contributed by atoms with E-state index in [0.717, 1.165) is 37.4 Å². The van der Waals surface area contributed by atoms with Crippen LogP contribution < -0.4 is 10.1 Å². The Kier molecular flexibility index (Phi) is 6.09. The third kappa shape index (κ3) is 5.47. The third-order valence-corrected chi connectivity index (χ3v) is 2.74. The third-order valence-electron chi connectivity index (χ3n) is 2.74. The van der Waals surface area contributed by atoms with Gasteiger partial charge in [-0.1, -0.05) is 13.0 Å². The van der Waals surface area contributed by atoms with Crippen LogP contribution in [0.25, 0.3) is 6.08 Å². The molecule has 1 heterocycles. The number of aryl methyl sites for hydroxylation is 1. The van der Waals surface area contributed by atoms with Crippen LogP contribution in [0.2, 0.25) is 0 Å². The second kappa shape index (κ2) is 7.34. The summed E-state index contributed by atoms with van der Waals surface area (Å²) in [5.74, 6) is 0.841. The second-order valence-electron chi connectivity index (χ2n) is 5.69. The molecule has 1 N–H and O–H groups in total. The van der Waals surface area contributed by atoms with E-state index in [-0.39, 0.29) is 5.54 Å². The van der Waals surface area contributed by atoms with E-state index in [4.69, 9.17) is 4.74 Å². The summed E-state index contributed by atoms with van der Waals surface area (Å²) in [4.78, 5) is 0. The fourth-order valence-electron chi connectivity index (χ4n) is 1.82. The normalized spacial score (nSPS) is 12.3. The van der Waals surface area contributed by atoms with Gasteiger partial charge in [0.15, 0.2) is 5.75 Å². The lowest BCUT2D eigenvalue weighted by atomic mass is 10.1. The number of aromatic nitrogens is 2. The number of rotatable bonds is 7.